The van der Waals surface area contributed by atoms with Gasteiger partial charge in [0.1, 0.15) is 6.07 Å². The number of aromatic nitrogens is 1. The molecule has 1 aromatic carbocycles. The second-order valence-corrected chi connectivity index (χ2v) is 3.63. The van der Waals surface area contributed by atoms with Gasteiger partial charge in [-0.15, -0.1) is 0 Å². The highest BCUT2D eigenvalue weighted by molar-refractivity contribution is 5.35. The number of nitriles is 1. The molecule has 0 saturated heterocycles. The molecule has 0 fully saturated rings. The molecule has 0 aliphatic rings. The van der Waals surface area contributed by atoms with Crippen molar-refractivity contribution in [3.8, 4) is 6.07 Å². The summed E-state index contributed by atoms with van der Waals surface area (Å²) in [6, 6.07) is 14.4. The number of pyridine rings is 1. The van der Waals surface area contributed by atoms with Crippen LogP contribution in [-0.2, 0) is 12.8 Å². The molecular formula is C14H12N2. The van der Waals surface area contributed by atoms with E-state index in [1.807, 2.05) is 24.3 Å². The van der Waals surface area contributed by atoms with Gasteiger partial charge in [0.15, 0.2) is 0 Å². The third kappa shape index (κ3) is 2.46. The van der Waals surface area contributed by atoms with Gasteiger partial charge in [0, 0.05) is 12.4 Å². The summed E-state index contributed by atoms with van der Waals surface area (Å²) in [6.07, 6.45) is 5.20. The minimum atomic E-state index is 0.679. The highest BCUT2D eigenvalue weighted by Crippen LogP contribution is 2.10. The molecule has 1 heterocycles. The third-order valence-electron chi connectivity index (χ3n) is 2.56. The fourth-order valence-corrected chi connectivity index (χ4v) is 1.67. The Morgan fingerprint density at radius 1 is 1.06 bits per heavy atom. The van der Waals surface area contributed by atoms with Crippen molar-refractivity contribution in [2.24, 2.45) is 0 Å². The topological polar surface area (TPSA) is 36.7 Å². The summed E-state index contributed by atoms with van der Waals surface area (Å²) in [5.41, 5.74) is 3.04. The zero-order chi connectivity index (χ0) is 11.2. The monoisotopic (exact) mass is 208 g/mol. The largest absolute Gasteiger partial charge is 0.263 e. The Labute approximate surface area is 95.2 Å². The lowest BCUT2D eigenvalue weighted by Crippen LogP contribution is -1.95. The molecule has 0 unspecified atom stereocenters. The first-order valence-corrected chi connectivity index (χ1v) is 5.27. The first-order chi connectivity index (χ1) is 7.90. The zero-order valence-corrected chi connectivity index (χ0v) is 8.93. The van der Waals surface area contributed by atoms with Crippen LogP contribution in [0.15, 0.2) is 48.8 Å². The Bertz CT molecular complexity index is 498. The lowest BCUT2D eigenvalue weighted by atomic mass is 10.0. The average molecular weight is 208 g/mol. The number of aryl methyl sites for hydroxylation is 2. The third-order valence-corrected chi connectivity index (χ3v) is 2.56. The summed E-state index contributed by atoms with van der Waals surface area (Å²) in [7, 11) is 0. The Hall–Kier alpha value is -2.14. The molecule has 0 bridgehead atoms. The predicted molar refractivity (Wildman–Crippen MR) is 62.8 cm³/mol. The molecular weight excluding hydrogens is 196 g/mol. The summed E-state index contributed by atoms with van der Waals surface area (Å²) in [5.74, 6) is 0. The summed E-state index contributed by atoms with van der Waals surface area (Å²) in [4.78, 5) is 3.95. The van der Waals surface area contributed by atoms with E-state index in [1.54, 1.807) is 12.4 Å². The first kappa shape index (κ1) is 10.4. The number of rotatable bonds is 3. The van der Waals surface area contributed by atoms with Crippen LogP contribution in [0.4, 0.5) is 0 Å². The van der Waals surface area contributed by atoms with Gasteiger partial charge >= 0.3 is 0 Å². The molecule has 78 valence electrons. The summed E-state index contributed by atoms with van der Waals surface area (Å²) in [5, 5.41) is 8.93. The lowest BCUT2D eigenvalue weighted by molar-refractivity contribution is 0.950. The number of hydrogen-bond donors (Lipinski definition) is 0. The van der Waals surface area contributed by atoms with Crippen molar-refractivity contribution in [3.05, 3.63) is 65.5 Å². The van der Waals surface area contributed by atoms with Crippen LogP contribution in [0.2, 0.25) is 0 Å². The quantitative estimate of drug-likeness (QED) is 0.777. The van der Waals surface area contributed by atoms with E-state index in [-0.39, 0.29) is 0 Å². The van der Waals surface area contributed by atoms with E-state index in [1.165, 1.54) is 5.56 Å². The van der Waals surface area contributed by atoms with Crippen molar-refractivity contribution in [3.63, 3.8) is 0 Å². The van der Waals surface area contributed by atoms with Crippen LogP contribution >= 0.6 is 0 Å². The standard InChI is InChI=1S/C14H12N2/c15-10-14-11-16-9-8-13(14)7-6-12-4-2-1-3-5-12/h1-5,8-9,11H,6-7H2. The molecule has 2 nitrogen and oxygen atoms in total. The maximum Gasteiger partial charge on any atom is 0.101 e. The second kappa shape index (κ2) is 5.09. The molecule has 0 radical (unpaired) electrons. The second-order valence-electron chi connectivity index (χ2n) is 3.63. The van der Waals surface area contributed by atoms with Crippen molar-refractivity contribution in [1.29, 1.82) is 5.26 Å². The van der Waals surface area contributed by atoms with Crippen molar-refractivity contribution in [2.75, 3.05) is 0 Å². The van der Waals surface area contributed by atoms with E-state index in [2.05, 4.69) is 23.2 Å². The SMILES string of the molecule is N#Cc1cnccc1CCc1ccccc1. The average Bonchev–Trinajstić information content (AvgIpc) is 2.38. The van der Waals surface area contributed by atoms with E-state index in [0.29, 0.717) is 5.56 Å². The van der Waals surface area contributed by atoms with Crippen LogP contribution in [0.3, 0.4) is 0 Å². The van der Waals surface area contributed by atoms with Crippen molar-refractivity contribution >= 4 is 0 Å². The van der Waals surface area contributed by atoms with Crippen LogP contribution in [0.5, 0.6) is 0 Å². The van der Waals surface area contributed by atoms with Crippen LogP contribution in [0.25, 0.3) is 0 Å². The summed E-state index contributed by atoms with van der Waals surface area (Å²) >= 11 is 0. The Kier molecular flexibility index (Phi) is 3.30. The molecule has 0 saturated carbocycles. The molecule has 2 aromatic rings. The van der Waals surface area contributed by atoms with Crippen LogP contribution in [-0.4, -0.2) is 4.98 Å². The maximum atomic E-state index is 8.93. The van der Waals surface area contributed by atoms with E-state index in [4.69, 9.17) is 5.26 Å². The molecule has 0 atom stereocenters. The van der Waals surface area contributed by atoms with E-state index < -0.39 is 0 Å². The van der Waals surface area contributed by atoms with Crippen LogP contribution in [0.1, 0.15) is 16.7 Å². The highest BCUT2D eigenvalue weighted by atomic mass is 14.6. The van der Waals surface area contributed by atoms with Crippen LogP contribution in [0, 0.1) is 11.3 Å². The molecule has 0 aliphatic carbocycles. The number of hydrogen-bond acceptors (Lipinski definition) is 2. The Balaban J connectivity index is 2.09. The van der Waals surface area contributed by atoms with Crippen molar-refractivity contribution in [1.82, 2.24) is 4.98 Å². The molecule has 0 amide bonds. The van der Waals surface area contributed by atoms with Gasteiger partial charge in [-0.2, -0.15) is 5.26 Å². The molecule has 0 N–H and O–H groups in total. The van der Waals surface area contributed by atoms with E-state index >= 15 is 0 Å². The Morgan fingerprint density at radius 2 is 1.88 bits per heavy atom. The van der Waals surface area contributed by atoms with Gasteiger partial charge in [-0.3, -0.25) is 4.98 Å². The van der Waals surface area contributed by atoms with Crippen molar-refractivity contribution in [2.45, 2.75) is 12.8 Å². The van der Waals surface area contributed by atoms with Gasteiger partial charge in [0.2, 0.25) is 0 Å². The van der Waals surface area contributed by atoms with Gasteiger partial charge in [-0.05, 0) is 30.0 Å². The van der Waals surface area contributed by atoms with Gasteiger partial charge < -0.3 is 0 Å². The van der Waals surface area contributed by atoms with E-state index in [0.717, 1.165) is 18.4 Å². The molecule has 2 heteroatoms. The van der Waals surface area contributed by atoms with Gasteiger partial charge in [0.05, 0.1) is 5.56 Å². The fourth-order valence-electron chi connectivity index (χ4n) is 1.67. The highest BCUT2D eigenvalue weighted by Gasteiger charge is 2.01. The normalized spacial score (nSPS) is 9.69. The molecule has 1 aromatic heterocycles. The number of benzene rings is 1. The molecule has 0 spiro atoms. The molecule has 16 heavy (non-hydrogen) atoms. The lowest BCUT2D eigenvalue weighted by Gasteiger charge is -2.03. The minimum absolute atomic E-state index is 0.679. The fraction of sp³-hybridized carbons (Fsp3) is 0.143. The minimum Gasteiger partial charge on any atom is -0.263 e. The van der Waals surface area contributed by atoms with Crippen molar-refractivity contribution < 1.29 is 0 Å². The molecule has 0 aliphatic heterocycles. The molecule has 2 rings (SSSR count). The van der Waals surface area contributed by atoms with Gasteiger partial charge in [-0.1, -0.05) is 30.3 Å². The van der Waals surface area contributed by atoms with Gasteiger partial charge in [0.25, 0.3) is 0 Å². The first-order valence-electron chi connectivity index (χ1n) is 5.27. The predicted octanol–water partition coefficient (Wildman–Crippen LogP) is 2.74. The maximum absolute atomic E-state index is 8.93. The van der Waals surface area contributed by atoms with Crippen LogP contribution < -0.4 is 0 Å². The number of nitrogens with zero attached hydrogens (tertiary/aromatic N) is 2. The summed E-state index contributed by atoms with van der Waals surface area (Å²) in [6.45, 7) is 0. The Morgan fingerprint density at radius 3 is 2.62 bits per heavy atom. The van der Waals surface area contributed by atoms with E-state index in [9.17, 15) is 0 Å². The smallest absolute Gasteiger partial charge is 0.101 e. The van der Waals surface area contributed by atoms with Gasteiger partial charge in [-0.25, -0.2) is 0 Å². The zero-order valence-electron chi connectivity index (χ0n) is 8.93. The summed E-state index contributed by atoms with van der Waals surface area (Å²) < 4.78 is 0.